The fraction of sp³-hybridized carbons (Fsp3) is 0.655. The van der Waals surface area contributed by atoms with Gasteiger partial charge in [-0.15, -0.1) is 0 Å². The molecule has 31 heavy (non-hydrogen) atoms. The summed E-state index contributed by atoms with van der Waals surface area (Å²) in [5, 5.41) is 0. The quantitative estimate of drug-likeness (QED) is 0.359. The van der Waals surface area contributed by atoms with Crippen LogP contribution in [0.15, 0.2) is 59.1 Å². The van der Waals surface area contributed by atoms with Crippen LogP contribution in [-0.2, 0) is 0 Å². The van der Waals surface area contributed by atoms with Gasteiger partial charge < -0.3 is 9.80 Å². The third-order valence-electron chi connectivity index (χ3n) is 6.66. The Morgan fingerprint density at radius 3 is 2.29 bits per heavy atom. The summed E-state index contributed by atoms with van der Waals surface area (Å²) in [5.41, 5.74) is 5.72. The highest BCUT2D eigenvalue weighted by atomic mass is 15.3. The Kier molecular flexibility index (Phi) is 12.7. The summed E-state index contributed by atoms with van der Waals surface area (Å²) in [6.45, 7) is 25.0. The van der Waals surface area contributed by atoms with Crippen molar-refractivity contribution in [1.29, 1.82) is 0 Å². The van der Waals surface area contributed by atoms with E-state index in [9.17, 15) is 0 Å². The molecule has 0 radical (unpaired) electrons. The van der Waals surface area contributed by atoms with Crippen molar-refractivity contribution in [3.63, 3.8) is 0 Å². The minimum atomic E-state index is 0.791. The first-order chi connectivity index (χ1) is 15.0. The van der Waals surface area contributed by atoms with Gasteiger partial charge in [-0.25, -0.2) is 0 Å². The number of piperidine rings is 1. The molecule has 1 saturated carbocycles. The molecule has 2 fully saturated rings. The smallest absolute Gasteiger partial charge is 0.112 e. The van der Waals surface area contributed by atoms with E-state index in [1.54, 1.807) is 11.1 Å². The number of likely N-dealkylation sites (tertiary alicyclic amines) is 1. The van der Waals surface area contributed by atoms with Crippen molar-refractivity contribution in [2.24, 2.45) is 11.8 Å². The molecule has 0 unspecified atom stereocenters. The average molecular weight is 427 g/mol. The molecule has 0 amide bonds. The van der Waals surface area contributed by atoms with E-state index >= 15 is 0 Å². The number of hydrogen-bond donors (Lipinski definition) is 0. The molecule has 0 aromatic heterocycles. The molecule has 1 aliphatic carbocycles. The fourth-order valence-corrected chi connectivity index (χ4v) is 4.93. The van der Waals surface area contributed by atoms with Crippen LogP contribution in [0.1, 0.15) is 93.9 Å². The van der Waals surface area contributed by atoms with Gasteiger partial charge in [-0.1, -0.05) is 59.4 Å². The summed E-state index contributed by atoms with van der Waals surface area (Å²) in [7, 11) is 0. The lowest BCUT2D eigenvalue weighted by Gasteiger charge is -2.42. The molecule has 1 aliphatic heterocycles. The van der Waals surface area contributed by atoms with Gasteiger partial charge in [-0.05, 0) is 93.9 Å². The van der Waals surface area contributed by atoms with Crippen LogP contribution in [-0.4, -0.2) is 29.4 Å². The molecule has 2 nitrogen and oxygen atoms in total. The van der Waals surface area contributed by atoms with E-state index in [2.05, 4.69) is 76.1 Å². The number of allylic oxidation sites excluding steroid dienone is 7. The van der Waals surface area contributed by atoms with E-state index in [4.69, 9.17) is 0 Å². The Morgan fingerprint density at radius 2 is 1.81 bits per heavy atom. The first-order valence-electron chi connectivity index (χ1n) is 12.9. The van der Waals surface area contributed by atoms with Gasteiger partial charge in [0.05, 0.1) is 0 Å². The Balaban J connectivity index is 0.00000233. The zero-order chi connectivity index (χ0) is 23.4. The van der Waals surface area contributed by atoms with Gasteiger partial charge in [0.15, 0.2) is 0 Å². The average Bonchev–Trinajstić information content (AvgIpc) is 3.25. The molecular formula is C29H50N2. The molecule has 176 valence electrons. The van der Waals surface area contributed by atoms with Gasteiger partial charge in [0.2, 0.25) is 0 Å². The number of hydrogen-bond acceptors (Lipinski definition) is 2. The van der Waals surface area contributed by atoms with Crippen LogP contribution in [0.3, 0.4) is 0 Å². The Labute approximate surface area is 194 Å². The Bertz CT molecular complexity index is 667. The van der Waals surface area contributed by atoms with Gasteiger partial charge >= 0.3 is 0 Å². The lowest BCUT2D eigenvalue weighted by molar-refractivity contribution is 0.154. The van der Waals surface area contributed by atoms with Crippen molar-refractivity contribution in [2.45, 2.75) is 93.9 Å². The van der Waals surface area contributed by atoms with Crippen LogP contribution >= 0.6 is 0 Å². The molecule has 2 rings (SSSR count). The Hall–Kier alpha value is -1.70. The highest BCUT2D eigenvalue weighted by molar-refractivity contribution is 5.42. The van der Waals surface area contributed by atoms with Crippen molar-refractivity contribution in [2.75, 3.05) is 19.6 Å². The molecule has 0 aromatic carbocycles. The van der Waals surface area contributed by atoms with Crippen LogP contribution in [0.25, 0.3) is 0 Å². The third-order valence-corrected chi connectivity index (χ3v) is 6.66. The van der Waals surface area contributed by atoms with Crippen LogP contribution in [0.5, 0.6) is 0 Å². The van der Waals surface area contributed by atoms with E-state index in [0.717, 1.165) is 24.8 Å². The maximum absolute atomic E-state index is 4.06. The third kappa shape index (κ3) is 7.16. The standard InChI is InChI=1S/C27H44N2.C2H6/c1-8-13-24-15-12-16-25(24)27(28-19-17-23(18-20-28)21(5)6)29(11-4)26(14-9-2)22(7)10-3;1-2/h9-10,13-14,21,23H,3,8,11-12,15-20H2,1-2,4-7H3;1-2H3/b14-9-,24-13-,26-22+,27-25-;. The molecular weight excluding hydrogens is 376 g/mol. The summed E-state index contributed by atoms with van der Waals surface area (Å²) in [6.07, 6.45) is 16.4. The number of rotatable bonds is 8. The predicted molar refractivity (Wildman–Crippen MR) is 140 cm³/mol. The maximum atomic E-state index is 4.06. The van der Waals surface area contributed by atoms with E-state index in [0.29, 0.717) is 0 Å². The summed E-state index contributed by atoms with van der Waals surface area (Å²) < 4.78 is 0. The first-order valence-corrected chi connectivity index (χ1v) is 12.9. The first kappa shape index (κ1) is 27.3. The lowest BCUT2D eigenvalue weighted by Crippen LogP contribution is -2.41. The highest BCUT2D eigenvalue weighted by Crippen LogP contribution is 2.39. The second kappa shape index (κ2) is 14.4. The second-order valence-corrected chi connectivity index (χ2v) is 8.88. The van der Waals surface area contributed by atoms with E-state index < -0.39 is 0 Å². The van der Waals surface area contributed by atoms with E-state index in [-0.39, 0.29) is 0 Å². The zero-order valence-corrected chi connectivity index (χ0v) is 21.9. The minimum absolute atomic E-state index is 0.791. The summed E-state index contributed by atoms with van der Waals surface area (Å²) >= 11 is 0. The molecule has 1 saturated heterocycles. The van der Waals surface area contributed by atoms with Crippen LogP contribution in [0.4, 0.5) is 0 Å². The van der Waals surface area contributed by atoms with Gasteiger partial charge in [0, 0.05) is 25.3 Å². The Morgan fingerprint density at radius 1 is 1.16 bits per heavy atom. The van der Waals surface area contributed by atoms with Crippen molar-refractivity contribution >= 4 is 0 Å². The SMILES string of the molecule is C=C/C(C)=C(\C=C/C)N(CC)/C(=C1/CCC/C1=C/CC)N1CCC(C(C)C)CC1.CC. The second-order valence-electron chi connectivity index (χ2n) is 8.88. The van der Waals surface area contributed by atoms with Crippen LogP contribution in [0.2, 0.25) is 0 Å². The van der Waals surface area contributed by atoms with Crippen LogP contribution < -0.4 is 0 Å². The van der Waals surface area contributed by atoms with Crippen LogP contribution in [0, 0.1) is 11.8 Å². The summed E-state index contributed by atoms with van der Waals surface area (Å²) in [4.78, 5) is 5.27. The molecule has 1 heterocycles. The van der Waals surface area contributed by atoms with Gasteiger partial charge in [0.1, 0.15) is 5.82 Å². The highest BCUT2D eigenvalue weighted by Gasteiger charge is 2.30. The topological polar surface area (TPSA) is 6.48 Å². The lowest BCUT2D eigenvalue weighted by atomic mass is 9.86. The van der Waals surface area contributed by atoms with Gasteiger partial charge in [-0.3, -0.25) is 0 Å². The maximum Gasteiger partial charge on any atom is 0.112 e. The minimum Gasteiger partial charge on any atom is -0.358 e. The van der Waals surface area contributed by atoms with Crippen molar-refractivity contribution < 1.29 is 0 Å². The fourth-order valence-electron chi connectivity index (χ4n) is 4.93. The largest absolute Gasteiger partial charge is 0.358 e. The van der Waals surface area contributed by atoms with Gasteiger partial charge in [0.25, 0.3) is 0 Å². The molecule has 0 aromatic rings. The number of likely N-dealkylation sites (N-methyl/N-ethyl adjacent to an activating group) is 1. The zero-order valence-electron chi connectivity index (χ0n) is 21.9. The summed E-state index contributed by atoms with van der Waals surface area (Å²) in [5.74, 6) is 3.13. The van der Waals surface area contributed by atoms with E-state index in [1.807, 2.05) is 19.9 Å². The monoisotopic (exact) mass is 426 g/mol. The molecule has 0 bridgehead atoms. The molecule has 0 N–H and O–H groups in total. The number of nitrogens with zero attached hydrogens (tertiary/aromatic N) is 2. The van der Waals surface area contributed by atoms with Crippen molar-refractivity contribution in [3.8, 4) is 0 Å². The van der Waals surface area contributed by atoms with E-state index in [1.165, 1.54) is 62.3 Å². The predicted octanol–water partition coefficient (Wildman–Crippen LogP) is 8.47. The van der Waals surface area contributed by atoms with Crippen molar-refractivity contribution in [3.05, 3.63) is 59.1 Å². The molecule has 0 atom stereocenters. The normalized spacial score (nSPS) is 21.3. The van der Waals surface area contributed by atoms with Crippen molar-refractivity contribution in [1.82, 2.24) is 9.80 Å². The molecule has 2 heteroatoms. The molecule has 0 spiro atoms. The molecule has 2 aliphatic rings. The van der Waals surface area contributed by atoms with Gasteiger partial charge in [-0.2, -0.15) is 0 Å². The summed E-state index contributed by atoms with van der Waals surface area (Å²) in [6, 6.07) is 0.